The maximum absolute atomic E-state index is 5.42. The molecular weight excluding hydrogens is 252 g/mol. The van der Waals surface area contributed by atoms with Crippen molar-refractivity contribution in [2.45, 2.75) is 25.8 Å². The predicted molar refractivity (Wildman–Crippen MR) is 79.1 cm³/mol. The molecule has 1 fully saturated rings. The Morgan fingerprint density at radius 2 is 1.85 bits per heavy atom. The topological polar surface area (TPSA) is 50.5 Å². The summed E-state index contributed by atoms with van der Waals surface area (Å²) in [7, 11) is 3.37. The van der Waals surface area contributed by atoms with Gasteiger partial charge in [0.1, 0.15) is 6.54 Å². The number of nitrogens with one attached hydrogen (secondary N) is 1. The predicted octanol–water partition coefficient (Wildman–Crippen LogP) is 0.302. The lowest BCUT2D eigenvalue weighted by atomic mass is 9.95. The third-order valence-electron chi connectivity index (χ3n) is 4.51. The summed E-state index contributed by atoms with van der Waals surface area (Å²) in [4.78, 5) is 1.66. The van der Waals surface area contributed by atoms with Crippen molar-refractivity contribution < 1.29 is 20.1 Å². The van der Waals surface area contributed by atoms with E-state index in [-0.39, 0.29) is 0 Å². The van der Waals surface area contributed by atoms with E-state index in [4.69, 9.17) is 9.47 Å². The summed E-state index contributed by atoms with van der Waals surface area (Å²) in [6.45, 7) is 5.76. The molecule has 0 radical (unpaired) electrons. The number of hydrogen-bond acceptors (Lipinski definition) is 2. The van der Waals surface area contributed by atoms with Crippen LogP contribution in [-0.4, -0.2) is 33.9 Å². The second kappa shape index (κ2) is 6.95. The summed E-state index contributed by atoms with van der Waals surface area (Å²) in [5, 5.41) is 0. The molecule has 1 aliphatic rings. The number of hydrogen-bond donors (Lipinski definition) is 2. The average Bonchev–Trinajstić information content (AvgIpc) is 2.49. The van der Waals surface area contributed by atoms with Crippen LogP contribution < -0.4 is 20.1 Å². The van der Waals surface area contributed by atoms with Crippen LogP contribution in [-0.2, 0) is 0 Å². The van der Waals surface area contributed by atoms with Crippen LogP contribution in [0.15, 0.2) is 18.2 Å². The van der Waals surface area contributed by atoms with Crippen LogP contribution in [0.4, 0.5) is 0 Å². The zero-order chi connectivity index (χ0) is 14.5. The lowest BCUT2D eigenvalue weighted by molar-refractivity contribution is -0.943. The van der Waals surface area contributed by atoms with Gasteiger partial charge in [-0.2, -0.15) is 0 Å². The Bertz CT molecular complexity index is 428. The maximum Gasteiger partial charge on any atom is 0.163 e. The molecule has 4 nitrogen and oxygen atoms in total. The van der Waals surface area contributed by atoms with Crippen LogP contribution in [0.2, 0.25) is 0 Å². The molecule has 112 valence electrons. The van der Waals surface area contributed by atoms with Gasteiger partial charge in [0, 0.05) is 5.56 Å². The molecule has 0 bridgehead atoms. The highest BCUT2D eigenvalue weighted by atomic mass is 16.5. The van der Waals surface area contributed by atoms with Gasteiger partial charge >= 0.3 is 0 Å². The zero-order valence-electron chi connectivity index (χ0n) is 12.9. The Morgan fingerprint density at radius 3 is 2.40 bits per heavy atom. The molecule has 1 aromatic carbocycles. The maximum atomic E-state index is 5.42. The molecule has 1 saturated heterocycles. The fourth-order valence-electron chi connectivity index (χ4n) is 3.16. The molecule has 1 aromatic rings. The van der Waals surface area contributed by atoms with Gasteiger partial charge in [-0.15, -0.1) is 0 Å². The summed E-state index contributed by atoms with van der Waals surface area (Å²) >= 11 is 0. The highest BCUT2D eigenvalue weighted by Crippen LogP contribution is 2.29. The summed E-state index contributed by atoms with van der Waals surface area (Å²) in [5.74, 6) is 2.48. The molecule has 20 heavy (non-hydrogen) atoms. The molecule has 0 spiro atoms. The molecule has 0 aliphatic carbocycles. The molecule has 1 atom stereocenters. The van der Waals surface area contributed by atoms with E-state index >= 15 is 0 Å². The molecule has 4 N–H and O–H groups in total. The number of piperidine rings is 1. The van der Waals surface area contributed by atoms with Crippen molar-refractivity contribution in [1.82, 2.24) is 0 Å². The van der Waals surface area contributed by atoms with Crippen LogP contribution in [0.25, 0.3) is 0 Å². The fourth-order valence-corrected chi connectivity index (χ4v) is 3.16. The largest absolute Gasteiger partial charge is 0.493 e. The zero-order valence-corrected chi connectivity index (χ0v) is 12.9. The van der Waals surface area contributed by atoms with Crippen LogP contribution in [0.5, 0.6) is 11.5 Å². The van der Waals surface area contributed by atoms with Crippen molar-refractivity contribution in [3.63, 3.8) is 0 Å². The molecule has 0 saturated carbocycles. The van der Waals surface area contributed by atoms with Crippen LogP contribution in [0.3, 0.4) is 0 Å². The lowest BCUT2D eigenvalue weighted by Crippen LogP contribution is -3.14. The van der Waals surface area contributed by atoms with E-state index in [2.05, 4.69) is 24.8 Å². The number of rotatable bonds is 5. The van der Waals surface area contributed by atoms with Gasteiger partial charge in [-0.05, 0) is 37.0 Å². The first-order chi connectivity index (χ1) is 9.69. The van der Waals surface area contributed by atoms with Crippen LogP contribution in [0.1, 0.15) is 31.4 Å². The van der Waals surface area contributed by atoms with Crippen molar-refractivity contribution in [3.8, 4) is 11.5 Å². The molecule has 0 unspecified atom stereocenters. The van der Waals surface area contributed by atoms with Gasteiger partial charge in [-0.25, -0.2) is 0 Å². The quantitative estimate of drug-likeness (QED) is 0.815. The summed E-state index contributed by atoms with van der Waals surface area (Å²) in [6.07, 6.45) is 2.64. The lowest BCUT2D eigenvalue weighted by Gasteiger charge is -2.32. The van der Waals surface area contributed by atoms with Gasteiger partial charge in [-0.1, -0.05) is 6.92 Å². The van der Waals surface area contributed by atoms with E-state index < -0.39 is 0 Å². The van der Waals surface area contributed by atoms with E-state index in [1.807, 2.05) is 6.07 Å². The highest BCUT2D eigenvalue weighted by Gasteiger charge is 2.29. The summed E-state index contributed by atoms with van der Waals surface area (Å²) in [6, 6.07) is 6.73. The average molecular weight is 280 g/mol. The van der Waals surface area contributed by atoms with E-state index in [1.54, 1.807) is 19.1 Å². The van der Waals surface area contributed by atoms with E-state index in [0.29, 0.717) is 6.04 Å². The minimum absolute atomic E-state index is 0.460. The minimum Gasteiger partial charge on any atom is -0.493 e. The molecule has 0 amide bonds. The molecule has 0 aromatic heterocycles. The fraction of sp³-hybridized carbons (Fsp3) is 0.625. The number of ether oxygens (including phenoxy) is 2. The second-order valence-electron chi connectivity index (χ2n) is 5.80. The van der Waals surface area contributed by atoms with Crippen LogP contribution >= 0.6 is 0 Å². The summed E-state index contributed by atoms with van der Waals surface area (Å²) in [5.41, 5.74) is 5.47. The molecule has 1 heterocycles. The molecule has 2 rings (SSSR count). The number of quaternary nitrogens is 2. The SMILES string of the molecule is COc1ccc([C@@H](C[NH3+])[NH+]2CCC(C)CC2)cc1OC. The smallest absolute Gasteiger partial charge is 0.163 e. The number of methoxy groups -OCH3 is 2. The Morgan fingerprint density at radius 1 is 1.20 bits per heavy atom. The molecule has 4 heteroatoms. The Kier molecular flexibility index (Phi) is 5.26. The van der Waals surface area contributed by atoms with Crippen molar-refractivity contribution in [3.05, 3.63) is 23.8 Å². The number of benzene rings is 1. The van der Waals surface area contributed by atoms with Gasteiger partial charge in [0.25, 0.3) is 0 Å². The molecule has 1 aliphatic heterocycles. The van der Waals surface area contributed by atoms with E-state index in [9.17, 15) is 0 Å². The minimum atomic E-state index is 0.460. The first-order valence-corrected chi connectivity index (χ1v) is 7.55. The third kappa shape index (κ3) is 3.25. The van der Waals surface area contributed by atoms with Crippen molar-refractivity contribution in [1.29, 1.82) is 0 Å². The normalized spacial score (nSPS) is 24.2. The van der Waals surface area contributed by atoms with E-state index in [0.717, 1.165) is 24.0 Å². The van der Waals surface area contributed by atoms with Gasteiger partial charge in [0.05, 0.1) is 27.3 Å². The Hall–Kier alpha value is -1.26. The highest BCUT2D eigenvalue weighted by molar-refractivity contribution is 5.43. The van der Waals surface area contributed by atoms with Gasteiger partial charge in [0.2, 0.25) is 0 Å². The number of likely N-dealkylation sites (tertiary alicyclic amines) is 1. The van der Waals surface area contributed by atoms with E-state index in [1.165, 1.54) is 31.5 Å². The van der Waals surface area contributed by atoms with Gasteiger partial charge in [0.15, 0.2) is 17.5 Å². The van der Waals surface area contributed by atoms with Gasteiger partial charge < -0.3 is 20.1 Å². The first kappa shape index (κ1) is 15.1. The van der Waals surface area contributed by atoms with Crippen LogP contribution in [0, 0.1) is 5.92 Å². The van der Waals surface area contributed by atoms with Crippen molar-refractivity contribution in [2.24, 2.45) is 5.92 Å². The summed E-state index contributed by atoms with van der Waals surface area (Å²) < 4.78 is 10.7. The Balaban J connectivity index is 2.18. The van der Waals surface area contributed by atoms with Gasteiger partial charge in [-0.3, -0.25) is 0 Å². The standard InChI is InChI=1S/C16H26N2O2/c1-12-6-8-18(9-7-12)14(11-17)13-4-5-15(19-2)16(10-13)20-3/h4-5,10,12,14H,6-9,11,17H2,1-3H3/p+2/t14-/m1/s1. The third-order valence-corrected chi connectivity index (χ3v) is 4.51. The molecular formula is C16H28N2O2+2. The first-order valence-electron chi connectivity index (χ1n) is 7.55. The second-order valence-corrected chi connectivity index (χ2v) is 5.80. The van der Waals surface area contributed by atoms with Crippen molar-refractivity contribution >= 4 is 0 Å². The monoisotopic (exact) mass is 280 g/mol. The van der Waals surface area contributed by atoms with Crippen molar-refractivity contribution in [2.75, 3.05) is 33.9 Å². The Labute approximate surface area is 121 Å².